The van der Waals surface area contributed by atoms with E-state index in [-0.39, 0.29) is 6.61 Å². The molecule has 1 aromatic heterocycles. The Bertz CT molecular complexity index is 185. The summed E-state index contributed by atoms with van der Waals surface area (Å²) in [4.78, 5) is 1.01. The monoisotopic (exact) mass is 161 g/mol. The standard InChI is InChI=1S/C6H6ClOS/c7-5-2-4-9-6(5)1-3-8/h2,4H,1,3H2. The van der Waals surface area contributed by atoms with Gasteiger partial charge >= 0.3 is 0 Å². The second kappa shape index (κ2) is 3.20. The van der Waals surface area contributed by atoms with Gasteiger partial charge in [0.1, 0.15) is 0 Å². The summed E-state index contributed by atoms with van der Waals surface area (Å²) in [5.41, 5.74) is 0. The molecule has 9 heavy (non-hydrogen) atoms. The van der Waals surface area contributed by atoms with Crippen LogP contribution in [0.4, 0.5) is 0 Å². The molecule has 1 nitrogen and oxygen atoms in total. The average Bonchev–Trinajstić information content (AvgIpc) is 2.18. The molecule has 1 aromatic rings. The van der Waals surface area contributed by atoms with Crippen molar-refractivity contribution in [3.8, 4) is 0 Å². The fourth-order valence-corrected chi connectivity index (χ4v) is 1.71. The Hall–Kier alpha value is -0.0500. The number of hydrogen-bond donors (Lipinski definition) is 0. The summed E-state index contributed by atoms with van der Waals surface area (Å²) in [6.07, 6.45) is 0.566. The first-order valence-corrected chi connectivity index (χ1v) is 3.90. The van der Waals surface area contributed by atoms with Crippen LogP contribution in [0.25, 0.3) is 0 Å². The molecule has 0 bridgehead atoms. The molecule has 0 spiro atoms. The van der Waals surface area contributed by atoms with Gasteiger partial charge in [0.2, 0.25) is 0 Å². The number of thiophene rings is 1. The molecule has 3 heteroatoms. The number of halogens is 1. The third kappa shape index (κ3) is 1.68. The van der Waals surface area contributed by atoms with Gasteiger partial charge in [0.05, 0.1) is 11.6 Å². The maximum Gasteiger partial charge on any atom is 0.0871 e. The highest BCUT2D eigenvalue weighted by Gasteiger charge is 1.98. The lowest BCUT2D eigenvalue weighted by molar-refractivity contribution is 0.198. The summed E-state index contributed by atoms with van der Waals surface area (Å²) in [5.74, 6) is 0. The zero-order valence-electron chi connectivity index (χ0n) is 4.76. The predicted molar refractivity (Wildman–Crippen MR) is 38.6 cm³/mol. The second-order valence-electron chi connectivity index (χ2n) is 1.65. The minimum Gasteiger partial charge on any atom is -0.236 e. The molecule has 0 atom stereocenters. The normalized spacial score (nSPS) is 10.0. The first kappa shape index (κ1) is 7.06. The Morgan fingerprint density at radius 1 is 1.67 bits per heavy atom. The zero-order valence-corrected chi connectivity index (χ0v) is 6.34. The first-order valence-electron chi connectivity index (χ1n) is 2.64. The van der Waals surface area contributed by atoms with E-state index in [1.54, 1.807) is 11.3 Å². The summed E-state index contributed by atoms with van der Waals surface area (Å²) in [7, 11) is 0. The predicted octanol–water partition coefficient (Wildman–Crippen LogP) is 2.37. The summed E-state index contributed by atoms with van der Waals surface area (Å²) in [6.45, 7) is -0.0692. The molecule has 0 unspecified atom stereocenters. The van der Waals surface area contributed by atoms with Crippen LogP contribution in [0.2, 0.25) is 5.02 Å². The van der Waals surface area contributed by atoms with E-state index < -0.39 is 0 Å². The molecule has 1 heterocycles. The molecule has 0 aliphatic rings. The Kier molecular flexibility index (Phi) is 2.51. The van der Waals surface area contributed by atoms with E-state index in [0.717, 1.165) is 9.90 Å². The van der Waals surface area contributed by atoms with Crippen LogP contribution in [-0.4, -0.2) is 6.61 Å². The smallest absolute Gasteiger partial charge is 0.0871 e. The van der Waals surface area contributed by atoms with Crippen LogP contribution in [0.15, 0.2) is 11.4 Å². The van der Waals surface area contributed by atoms with E-state index in [1.165, 1.54) is 0 Å². The number of rotatable bonds is 2. The molecular formula is C6H6ClOS. The molecule has 1 radical (unpaired) electrons. The summed E-state index contributed by atoms with van der Waals surface area (Å²) in [5, 5.41) is 12.7. The lowest BCUT2D eigenvalue weighted by atomic mass is 10.4. The van der Waals surface area contributed by atoms with Gasteiger partial charge in [0.25, 0.3) is 0 Å². The van der Waals surface area contributed by atoms with Crippen molar-refractivity contribution < 1.29 is 5.11 Å². The molecule has 0 N–H and O–H groups in total. The molecular weight excluding hydrogens is 156 g/mol. The highest BCUT2D eigenvalue weighted by atomic mass is 35.5. The molecule has 0 aromatic carbocycles. The van der Waals surface area contributed by atoms with E-state index in [1.807, 2.05) is 11.4 Å². The van der Waals surface area contributed by atoms with Crippen LogP contribution in [0.5, 0.6) is 0 Å². The molecule has 0 amide bonds. The van der Waals surface area contributed by atoms with Crippen molar-refractivity contribution in [3.05, 3.63) is 21.3 Å². The Labute approximate surface area is 62.9 Å². The van der Waals surface area contributed by atoms with Gasteiger partial charge < -0.3 is 0 Å². The van der Waals surface area contributed by atoms with Crippen LogP contribution < -0.4 is 0 Å². The van der Waals surface area contributed by atoms with Gasteiger partial charge in [-0.1, -0.05) is 11.6 Å². The zero-order chi connectivity index (χ0) is 6.69. The van der Waals surface area contributed by atoms with Crippen LogP contribution in [0.3, 0.4) is 0 Å². The van der Waals surface area contributed by atoms with E-state index in [2.05, 4.69) is 0 Å². The van der Waals surface area contributed by atoms with Crippen molar-refractivity contribution in [1.29, 1.82) is 0 Å². The molecule has 0 fully saturated rings. The van der Waals surface area contributed by atoms with Gasteiger partial charge in [-0.15, -0.1) is 11.3 Å². The summed E-state index contributed by atoms with van der Waals surface area (Å²) in [6, 6.07) is 1.82. The van der Waals surface area contributed by atoms with Gasteiger partial charge in [0.15, 0.2) is 0 Å². The van der Waals surface area contributed by atoms with Crippen molar-refractivity contribution in [1.82, 2.24) is 0 Å². The fraction of sp³-hybridized carbons (Fsp3) is 0.333. The topological polar surface area (TPSA) is 19.9 Å². The Balaban J connectivity index is 2.69. The third-order valence-electron chi connectivity index (χ3n) is 1.02. The minimum atomic E-state index is -0.0692. The second-order valence-corrected chi connectivity index (χ2v) is 3.05. The van der Waals surface area contributed by atoms with Crippen LogP contribution in [-0.2, 0) is 11.5 Å². The molecule has 49 valence electrons. The van der Waals surface area contributed by atoms with E-state index in [0.29, 0.717) is 6.42 Å². The minimum absolute atomic E-state index is 0.0692. The van der Waals surface area contributed by atoms with Gasteiger partial charge in [-0.05, 0) is 11.4 Å². The van der Waals surface area contributed by atoms with Crippen molar-refractivity contribution in [2.75, 3.05) is 6.61 Å². The van der Waals surface area contributed by atoms with Crippen molar-refractivity contribution in [2.45, 2.75) is 6.42 Å². The summed E-state index contributed by atoms with van der Waals surface area (Å²) < 4.78 is 0. The van der Waals surface area contributed by atoms with Crippen molar-refractivity contribution in [2.24, 2.45) is 0 Å². The lowest BCUT2D eigenvalue weighted by Crippen LogP contribution is -1.83. The largest absolute Gasteiger partial charge is 0.236 e. The van der Waals surface area contributed by atoms with Gasteiger partial charge in [-0.3, -0.25) is 0 Å². The van der Waals surface area contributed by atoms with E-state index in [9.17, 15) is 5.11 Å². The first-order chi connectivity index (χ1) is 4.34. The van der Waals surface area contributed by atoms with E-state index in [4.69, 9.17) is 11.6 Å². The van der Waals surface area contributed by atoms with Crippen LogP contribution in [0.1, 0.15) is 4.88 Å². The lowest BCUT2D eigenvalue weighted by Gasteiger charge is -1.88. The maximum atomic E-state index is 10.1. The van der Waals surface area contributed by atoms with Gasteiger partial charge in [-0.2, -0.15) is 0 Å². The average molecular weight is 162 g/mol. The molecule has 1 rings (SSSR count). The summed E-state index contributed by atoms with van der Waals surface area (Å²) >= 11 is 7.23. The van der Waals surface area contributed by atoms with Gasteiger partial charge in [-0.25, -0.2) is 5.11 Å². The maximum absolute atomic E-state index is 10.1. The van der Waals surface area contributed by atoms with Crippen molar-refractivity contribution in [3.63, 3.8) is 0 Å². The third-order valence-corrected chi connectivity index (χ3v) is 2.47. The highest BCUT2D eigenvalue weighted by molar-refractivity contribution is 7.10. The molecule has 0 aliphatic carbocycles. The van der Waals surface area contributed by atoms with Crippen molar-refractivity contribution >= 4 is 22.9 Å². The molecule has 0 aliphatic heterocycles. The number of hydrogen-bond acceptors (Lipinski definition) is 1. The Morgan fingerprint density at radius 2 is 2.44 bits per heavy atom. The van der Waals surface area contributed by atoms with E-state index >= 15 is 0 Å². The molecule has 0 saturated heterocycles. The highest BCUT2D eigenvalue weighted by Crippen LogP contribution is 2.21. The fourth-order valence-electron chi connectivity index (χ4n) is 0.596. The quantitative estimate of drug-likeness (QED) is 0.635. The van der Waals surface area contributed by atoms with Crippen LogP contribution >= 0.6 is 22.9 Å². The molecule has 0 saturated carbocycles. The Morgan fingerprint density at radius 3 is 2.89 bits per heavy atom. The van der Waals surface area contributed by atoms with Gasteiger partial charge in [0, 0.05) is 11.3 Å². The SMILES string of the molecule is [O]CCc1sccc1Cl. The van der Waals surface area contributed by atoms with Crippen LogP contribution in [0, 0.1) is 0 Å².